The molecule has 3 aromatic heterocycles. The normalized spacial score (nSPS) is 12.8. The summed E-state index contributed by atoms with van der Waals surface area (Å²) in [5.41, 5.74) is 6.42. The van der Waals surface area contributed by atoms with Gasteiger partial charge in [-0.2, -0.15) is 16.9 Å². The van der Waals surface area contributed by atoms with Gasteiger partial charge >= 0.3 is 0 Å². The molecule has 5 rings (SSSR count). The van der Waals surface area contributed by atoms with Gasteiger partial charge in [0, 0.05) is 35.5 Å². The highest BCUT2D eigenvalue weighted by atomic mass is 32.2. The van der Waals surface area contributed by atoms with Gasteiger partial charge in [-0.1, -0.05) is 6.07 Å². The van der Waals surface area contributed by atoms with E-state index < -0.39 is 5.91 Å². The summed E-state index contributed by atoms with van der Waals surface area (Å²) < 4.78 is 3.64. The van der Waals surface area contributed by atoms with Gasteiger partial charge in [-0.3, -0.25) is 9.59 Å². The number of fused-ring (bicyclic) bond motifs is 2. The second kappa shape index (κ2) is 8.19. The molecule has 1 N–H and O–H groups in total. The third-order valence-electron chi connectivity index (χ3n) is 6.16. The molecule has 1 aliphatic heterocycles. The van der Waals surface area contributed by atoms with Gasteiger partial charge in [-0.05, 0) is 63.1 Å². The Morgan fingerprint density at radius 1 is 1.12 bits per heavy atom. The summed E-state index contributed by atoms with van der Waals surface area (Å²) in [7, 11) is 0. The average molecular weight is 460 g/mol. The Balaban J connectivity index is 1.61. The number of rotatable bonds is 4. The zero-order chi connectivity index (χ0) is 23.3. The molecule has 1 aromatic carbocycles. The number of hydrogen-bond donors (Lipinski definition) is 1. The van der Waals surface area contributed by atoms with Crippen LogP contribution in [0.2, 0.25) is 0 Å². The number of anilines is 1. The molecule has 0 aliphatic carbocycles. The minimum atomic E-state index is -0.436. The number of pyridine rings is 2. The second-order valence-corrected chi connectivity index (χ2v) is 9.37. The molecular weight excluding hydrogens is 434 g/mol. The first-order chi connectivity index (χ1) is 15.9. The van der Waals surface area contributed by atoms with Gasteiger partial charge < -0.3 is 9.88 Å². The number of aryl methyl sites for hydroxylation is 4. The Labute approximate surface area is 195 Å². The highest BCUT2D eigenvalue weighted by Gasteiger charge is 2.26. The van der Waals surface area contributed by atoms with Crippen LogP contribution in [0.3, 0.4) is 0 Å². The van der Waals surface area contributed by atoms with Gasteiger partial charge in [0.15, 0.2) is 0 Å². The first kappa shape index (κ1) is 21.5. The van der Waals surface area contributed by atoms with Crippen molar-refractivity contribution in [1.29, 1.82) is 0 Å². The minimum absolute atomic E-state index is 0.0993. The predicted molar refractivity (Wildman–Crippen MR) is 132 cm³/mol. The number of carbonyl (C=O) groups is 1. The maximum Gasteiger partial charge on any atom is 0.262 e. The SMILES string of the molecule is CCn1cc(C(=O)Nc2c3c(nn2-c2ccc(C)c(C)c2)CSC3)c(=O)c2ccc(C)nc21. The molecule has 4 aromatic rings. The summed E-state index contributed by atoms with van der Waals surface area (Å²) in [5.74, 6) is 1.78. The minimum Gasteiger partial charge on any atom is -0.332 e. The van der Waals surface area contributed by atoms with E-state index in [1.165, 1.54) is 5.56 Å². The number of nitrogens with one attached hydrogen (secondary N) is 1. The molecule has 4 heterocycles. The van der Waals surface area contributed by atoms with Crippen molar-refractivity contribution in [3.05, 3.63) is 80.4 Å². The van der Waals surface area contributed by atoms with Gasteiger partial charge in [-0.15, -0.1) is 0 Å². The number of hydrogen-bond acceptors (Lipinski definition) is 5. The summed E-state index contributed by atoms with van der Waals surface area (Å²) in [6.45, 7) is 8.57. The Kier molecular flexibility index (Phi) is 5.32. The molecule has 1 amide bonds. The highest BCUT2D eigenvalue weighted by Crippen LogP contribution is 2.36. The number of carbonyl (C=O) groups excluding carboxylic acids is 1. The molecule has 0 saturated carbocycles. The number of benzene rings is 1. The third kappa shape index (κ3) is 3.64. The summed E-state index contributed by atoms with van der Waals surface area (Å²) in [5, 5.41) is 8.25. The standard InChI is InChI=1S/C25H25N5O2S/c1-5-29-11-19(22(31)18-9-7-16(4)26-23(18)29)25(32)27-24-20-12-33-13-21(20)28-30(24)17-8-6-14(2)15(3)10-17/h6-11H,5,12-13H2,1-4H3,(H,27,32). The van der Waals surface area contributed by atoms with Crippen LogP contribution in [0, 0.1) is 20.8 Å². The fourth-order valence-corrected chi connectivity index (χ4v) is 5.16. The van der Waals surface area contributed by atoms with Gasteiger partial charge in [0.1, 0.15) is 17.0 Å². The molecule has 0 unspecified atom stereocenters. The lowest BCUT2D eigenvalue weighted by Gasteiger charge is -2.14. The van der Waals surface area contributed by atoms with E-state index in [0.717, 1.165) is 39.7 Å². The van der Waals surface area contributed by atoms with Gasteiger partial charge in [0.25, 0.3) is 5.91 Å². The number of thioether (sulfide) groups is 1. The summed E-state index contributed by atoms with van der Waals surface area (Å²) >= 11 is 1.77. The predicted octanol–water partition coefficient (Wildman–Crippen LogP) is 4.53. The maximum absolute atomic E-state index is 13.4. The molecule has 1 aliphatic rings. The van der Waals surface area contributed by atoms with Gasteiger partial charge in [0.2, 0.25) is 5.43 Å². The molecule has 168 valence electrons. The number of nitrogens with zero attached hydrogens (tertiary/aromatic N) is 4. The van der Waals surface area contributed by atoms with Gasteiger partial charge in [-0.25, -0.2) is 9.67 Å². The molecule has 0 fully saturated rings. The fourth-order valence-electron chi connectivity index (χ4n) is 4.12. The van der Waals surface area contributed by atoms with Crippen LogP contribution in [0.4, 0.5) is 5.82 Å². The van der Waals surface area contributed by atoms with Crippen molar-refractivity contribution >= 4 is 34.5 Å². The van der Waals surface area contributed by atoms with Crippen LogP contribution in [-0.2, 0) is 18.1 Å². The van der Waals surface area contributed by atoms with Crippen molar-refractivity contribution in [2.75, 3.05) is 5.32 Å². The molecule has 7 nitrogen and oxygen atoms in total. The van der Waals surface area contributed by atoms with E-state index in [1.54, 1.807) is 34.8 Å². The van der Waals surface area contributed by atoms with Crippen molar-refractivity contribution < 1.29 is 4.79 Å². The second-order valence-electron chi connectivity index (χ2n) is 8.38. The Morgan fingerprint density at radius 2 is 1.94 bits per heavy atom. The summed E-state index contributed by atoms with van der Waals surface area (Å²) in [6, 6.07) is 9.66. The lowest BCUT2D eigenvalue weighted by atomic mass is 10.1. The molecular formula is C25H25N5O2S. The van der Waals surface area contributed by atoms with Gasteiger partial charge in [0.05, 0.1) is 16.8 Å². The molecule has 0 bridgehead atoms. The molecule has 0 saturated heterocycles. The molecule has 33 heavy (non-hydrogen) atoms. The Hall–Kier alpha value is -3.39. The lowest BCUT2D eigenvalue weighted by Crippen LogP contribution is -2.25. The van der Waals surface area contributed by atoms with E-state index in [2.05, 4.69) is 36.3 Å². The quantitative estimate of drug-likeness (QED) is 0.485. The topological polar surface area (TPSA) is 81.8 Å². The van der Waals surface area contributed by atoms with Crippen LogP contribution in [0.25, 0.3) is 16.7 Å². The Morgan fingerprint density at radius 3 is 2.70 bits per heavy atom. The molecule has 0 radical (unpaired) electrons. The van der Waals surface area contributed by atoms with Crippen LogP contribution >= 0.6 is 11.8 Å². The summed E-state index contributed by atoms with van der Waals surface area (Å²) in [4.78, 5) is 31.1. The van der Waals surface area contributed by atoms with E-state index in [1.807, 2.05) is 24.5 Å². The van der Waals surface area contributed by atoms with Crippen molar-refractivity contribution in [2.24, 2.45) is 0 Å². The molecule has 0 atom stereocenters. The average Bonchev–Trinajstić information content (AvgIpc) is 3.38. The van der Waals surface area contributed by atoms with Crippen molar-refractivity contribution in [3.63, 3.8) is 0 Å². The van der Waals surface area contributed by atoms with E-state index >= 15 is 0 Å². The van der Waals surface area contributed by atoms with E-state index in [4.69, 9.17) is 5.10 Å². The van der Waals surface area contributed by atoms with E-state index in [9.17, 15) is 9.59 Å². The monoisotopic (exact) mass is 459 g/mol. The number of aromatic nitrogens is 4. The smallest absolute Gasteiger partial charge is 0.262 e. The van der Waals surface area contributed by atoms with Crippen LogP contribution in [0.5, 0.6) is 0 Å². The van der Waals surface area contributed by atoms with Crippen LogP contribution in [0.1, 0.15) is 45.4 Å². The largest absolute Gasteiger partial charge is 0.332 e. The van der Waals surface area contributed by atoms with Crippen LogP contribution in [0.15, 0.2) is 41.3 Å². The fraction of sp³-hybridized carbons (Fsp3) is 0.280. The third-order valence-corrected chi connectivity index (χ3v) is 7.14. The van der Waals surface area contributed by atoms with Crippen molar-refractivity contribution in [3.8, 4) is 5.69 Å². The van der Waals surface area contributed by atoms with E-state index in [0.29, 0.717) is 23.4 Å². The first-order valence-electron chi connectivity index (χ1n) is 11.0. The Bertz CT molecular complexity index is 1480. The zero-order valence-corrected chi connectivity index (χ0v) is 19.9. The van der Waals surface area contributed by atoms with Crippen LogP contribution in [-0.4, -0.2) is 25.2 Å². The van der Waals surface area contributed by atoms with Crippen LogP contribution < -0.4 is 10.7 Å². The van der Waals surface area contributed by atoms with E-state index in [-0.39, 0.29) is 11.0 Å². The maximum atomic E-state index is 13.4. The van der Waals surface area contributed by atoms with Crippen molar-refractivity contribution in [2.45, 2.75) is 45.7 Å². The number of amides is 1. The van der Waals surface area contributed by atoms with Crippen molar-refractivity contribution in [1.82, 2.24) is 19.3 Å². The lowest BCUT2D eigenvalue weighted by molar-refractivity contribution is 0.102. The molecule has 8 heteroatoms. The zero-order valence-electron chi connectivity index (χ0n) is 19.1. The summed E-state index contributed by atoms with van der Waals surface area (Å²) in [6.07, 6.45) is 1.61. The first-order valence-corrected chi connectivity index (χ1v) is 12.1. The molecule has 0 spiro atoms. The highest BCUT2D eigenvalue weighted by molar-refractivity contribution is 7.98.